The van der Waals surface area contributed by atoms with Crippen LogP contribution in [0.2, 0.25) is 0 Å². The zero-order chi connectivity index (χ0) is 9.42. The van der Waals surface area contributed by atoms with E-state index in [4.69, 9.17) is 0 Å². The monoisotopic (exact) mass is 174 g/mol. The van der Waals surface area contributed by atoms with Crippen LogP contribution in [0.3, 0.4) is 0 Å². The van der Waals surface area contributed by atoms with Gasteiger partial charge in [-0.15, -0.1) is 0 Å². The number of cyclic esters (lactones) is 2. The minimum absolute atomic E-state index is 0.322. The molecule has 1 aromatic rings. The molecule has 13 heavy (non-hydrogen) atoms. The fraction of sp³-hybridized carbons (Fsp3) is 0. The van der Waals surface area contributed by atoms with Crippen LogP contribution in [-0.4, -0.2) is 11.9 Å². The third kappa shape index (κ3) is 1.05. The summed E-state index contributed by atoms with van der Waals surface area (Å²) in [7, 11) is 0. The maximum Gasteiger partial charge on any atom is 0.346 e. The second-order valence-corrected chi connectivity index (χ2v) is 2.69. The molecule has 0 unspecified atom stereocenters. The van der Waals surface area contributed by atoms with Gasteiger partial charge in [-0.2, -0.15) is 0 Å². The minimum atomic E-state index is -0.580. The number of carbonyl (C=O) groups excluding carboxylic acids is 2. The maximum absolute atomic E-state index is 11.1. The molecule has 1 aromatic carbocycles. The Labute approximate surface area is 74.6 Å². The van der Waals surface area contributed by atoms with Crippen molar-refractivity contribution < 1.29 is 14.3 Å². The topological polar surface area (TPSA) is 43.4 Å². The van der Waals surface area contributed by atoms with Gasteiger partial charge in [0.25, 0.3) is 0 Å². The van der Waals surface area contributed by atoms with Gasteiger partial charge in [0.15, 0.2) is 0 Å². The van der Waals surface area contributed by atoms with Crippen LogP contribution in [0.15, 0.2) is 24.8 Å². The second-order valence-electron chi connectivity index (χ2n) is 2.69. The lowest BCUT2D eigenvalue weighted by Gasteiger charge is -1.93. The number of carbonyl (C=O) groups is 2. The number of esters is 2. The Morgan fingerprint density at radius 2 is 1.85 bits per heavy atom. The third-order valence-corrected chi connectivity index (χ3v) is 1.90. The summed E-state index contributed by atoms with van der Waals surface area (Å²) in [5, 5.41) is 0. The SMILES string of the molecule is C=Cc1ccc2c(c1)C(=O)OC2=O. The van der Waals surface area contributed by atoms with Crippen LogP contribution in [0.1, 0.15) is 26.3 Å². The fourth-order valence-electron chi connectivity index (χ4n) is 1.23. The molecular weight excluding hydrogens is 168 g/mol. The summed E-state index contributed by atoms with van der Waals surface area (Å²) in [6, 6.07) is 4.88. The van der Waals surface area contributed by atoms with Crippen molar-refractivity contribution in [2.24, 2.45) is 0 Å². The van der Waals surface area contributed by atoms with E-state index in [-0.39, 0.29) is 0 Å². The first kappa shape index (κ1) is 7.73. The smallest absolute Gasteiger partial charge is 0.346 e. The molecule has 0 saturated heterocycles. The first-order valence-corrected chi connectivity index (χ1v) is 3.75. The molecule has 3 nitrogen and oxygen atoms in total. The summed E-state index contributed by atoms with van der Waals surface area (Å²) in [6.07, 6.45) is 1.61. The molecule has 0 aliphatic carbocycles. The summed E-state index contributed by atoms with van der Waals surface area (Å²) in [4.78, 5) is 22.1. The van der Waals surface area contributed by atoms with E-state index < -0.39 is 11.9 Å². The van der Waals surface area contributed by atoms with Crippen LogP contribution in [-0.2, 0) is 4.74 Å². The van der Waals surface area contributed by atoms with Crippen molar-refractivity contribution in [3.63, 3.8) is 0 Å². The number of ether oxygens (including phenoxy) is 1. The van der Waals surface area contributed by atoms with Gasteiger partial charge in [-0.25, -0.2) is 9.59 Å². The van der Waals surface area contributed by atoms with Gasteiger partial charge >= 0.3 is 11.9 Å². The summed E-state index contributed by atoms with van der Waals surface area (Å²) >= 11 is 0. The van der Waals surface area contributed by atoms with Gasteiger partial charge in [-0.3, -0.25) is 0 Å². The van der Waals surface area contributed by atoms with Crippen molar-refractivity contribution >= 4 is 18.0 Å². The molecule has 64 valence electrons. The van der Waals surface area contributed by atoms with Gasteiger partial charge in [-0.1, -0.05) is 18.7 Å². The van der Waals surface area contributed by atoms with Gasteiger partial charge in [0, 0.05) is 0 Å². The van der Waals surface area contributed by atoms with Crippen molar-refractivity contribution in [2.45, 2.75) is 0 Å². The highest BCUT2D eigenvalue weighted by atomic mass is 16.6. The average Bonchev–Trinajstić information content (AvgIpc) is 2.42. The molecule has 3 heteroatoms. The van der Waals surface area contributed by atoms with E-state index in [1.807, 2.05) is 0 Å². The molecule has 2 rings (SSSR count). The molecule has 1 heterocycles. The lowest BCUT2D eigenvalue weighted by Crippen LogP contribution is -1.96. The number of fused-ring (bicyclic) bond motifs is 1. The molecule has 0 amide bonds. The zero-order valence-electron chi connectivity index (χ0n) is 6.74. The number of hydrogen-bond donors (Lipinski definition) is 0. The normalized spacial score (nSPS) is 13.8. The van der Waals surface area contributed by atoms with Crippen molar-refractivity contribution in [2.75, 3.05) is 0 Å². The Hall–Kier alpha value is -1.90. The van der Waals surface area contributed by atoms with Crippen LogP contribution in [0.5, 0.6) is 0 Å². The summed E-state index contributed by atoms with van der Waals surface area (Å²) in [5.41, 5.74) is 1.45. The first-order chi connectivity index (χ1) is 6.22. The lowest BCUT2D eigenvalue weighted by atomic mass is 10.1. The highest BCUT2D eigenvalue weighted by Gasteiger charge is 2.29. The molecule has 0 radical (unpaired) electrons. The molecular formula is C10H6O3. The largest absolute Gasteiger partial charge is 0.386 e. The first-order valence-electron chi connectivity index (χ1n) is 3.75. The predicted molar refractivity (Wildman–Crippen MR) is 46.3 cm³/mol. The van der Waals surface area contributed by atoms with E-state index in [0.717, 1.165) is 5.56 Å². The lowest BCUT2D eigenvalue weighted by molar-refractivity contribution is 0.0444. The van der Waals surface area contributed by atoms with Gasteiger partial charge in [-0.05, 0) is 17.7 Å². The van der Waals surface area contributed by atoms with E-state index in [2.05, 4.69) is 11.3 Å². The van der Waals surface area contributed by atoms with Gasteiger partial charge in [0.05, 0.1) is 11.1 Å². The van der Waals surface area contributed by atoms with Crippen LogP contribution in [0, 0.1) is 0 Å². The summed E-state index contributed by atoms with van der Waals surface area (Å²) in [6.45, 7) is 3.56. The van der Waals surface area contributed by atoms with Crippen LogP contribution in [0.25, 0.3) is 6.08 Å². The zero-order valence-corrected chi connectivity index (χ0v) is 6.74. The molecule has 0 spiro atoms. The van der Waals surface area contributed by atoms with Crippen LogP contribution in [0.4, 0.5) is 0 Å². The van der Waals surface area contributed by atoms with E-state index >= 15 is 0 Å². The molecule has 0 bridgehead atoms. The van der Waals surface area contributed by atoms with Crippen molar-refractivity contribution in [1.82, 2.24) is 0 Å². The average molecular weight is 174 g/mol. The number of hydrogen-bond acceptors (Lipinski definition) is 3. The van der Waals surface area contributed by atoms with Crippen molar-refractivity contribution in [3.8, 4) is 0 Å². The minimum Gasteiger partial charge on any atom is -0.386 e. The Balaban J connectivity index is 2.64. The summed E-state index contributed by atoms with van der Waals surface area (Å²) < 4.78 is 4.42. The molecule has 0 atom stereocenters. The second kappa shape index (κ2) is 2.55. The fourth-order valence-corrected chi connectivity index (χ4v) is 1.23. The van der Waals surface area contributed by atoms with E-state index in [9.17, 15) is 9.59 Å². The molecule has 0 N–H and O–H groups in total. The van der Waals surface area contributed by atoms with Gasteiger partial charge in [0.2, 0.25) is 0 Å². The maximum atomic E-state index is 11.1. The van der Waals surface area contributed by atoms with E-state index in [1.54, 1.807) is 24.3 Å². The van der Waals surface area contributed by atoms with Crippen molar-refractivity contribution in [1.29, 1.82) is 0 Å². The number of benzene rings is 1. The Kier molecular flexibility index (Phi) is 1.52. The van der Waals surface area contributed by atoms with Gasteiger partial charge in [0.1, 0.15) is 0 Å². The van der Waals surface area contributed by atoms with E-state index in [1.165, 1.54) is 0 Å². The predicted octanol–water partition coefficient (Wildman–Crippen LogP) is 1.64. The summed E-state index contributed by atoms with van der Waals surface area (Å²) in [5.74, 6) is -1.15. The molecule has 1 aliphatic rings. The molecule has 0 saturated carbocycles. The standard InChI is InChI=1S/C10H6O3/c1-2-6-3-4-7-8(5-6)10(12)13-9(7)11/h2-5H,1H2. The van der Waals surface area contributed by atoms with Gasteiger partial charge < -0.3 is 4.74 Å². The third-order valence-electron chi connectivity index (χ3n) is 1.90. The van der Waals surface area contributed by atoms with Crippen molar-refractivity contribution in [3.05, 3.63) is 41.5 Å². The van der Waals surface area contributed by atoms with Crippen LogP contribution >= 0.6 is 0 Å². The highest BCUT2D eigenvalue weighted by molar-refractivity contribution is 6.14. The quantitative estimate of drug-likeness (QED) is 0.480. The Bertz CT molecular complexity index is 418. The Morgan fingerprint density at radius 3 is 2.54 bits per heavy atom. The molecule has 0 fully saturated rings. The Morgan fingerprint density at radius 1 is 1.15 bits per heavy atom. The molecule has 1 aliphatic heterocycles. The molecule has 0 aromatic heterocycles. The number of rotatable bonds is 1. The van der Waals surface area contributed by atoms with Crippen LogP contribution < -0.4 is 0 Å². The highest BCUT2D eigenvalue weighted by Crippen LogP contribution is 2.21. The van der Waals surface area contributed by atoms with E-state index in [0.29, 0.717) is 11.1 Å².